The molecule has 1 heterocycles. The fraction of sp³-hybridized carbons (Fsp3) is 0.286. The van der Waals surface area contributed by atoms with Crippen molar-refractivity contribution in [2.45, 2.75) is 36.4 Å². The molecule has 0 saturated heterocycles. The summed E-state index contributed by atoms with van der Waals surface area (Å²) in [7, 11) is -4.03. The Morgan fingerprint density at radius 3 is 2.56 bits per heavy atom. The quantitative estimate of drug-likeness (QED) is 0.316. The van der Waals surface area contributed by atoms with Gasteiger partial charge in [0, 0.05) is 10.8 Å². The van der Waals surface area contributed by atoms with Crippen molar-refractivity contribution in [3.05, 3.63) is 58.6 Å². The van der Waals surface area contributed by atoms with Gasteiger partial charge >= 0.3 is 0 Å². The number of hydrogen-bond donors (Lipinski definition) is 1. The molecule has 0 aliphatic carbocycles. The number of sulfonamides is 1. The third kappa shape index (κ3) is 5.80. The number of carbonyl (C=O) groups excluding carboxylic acids is 1. The van der Waals surface area contributed by atoms with Gasteiger partial charge in [-0.25, -0.2) is 8.42 Å². The largest absolute Gasteiger partial charge is 0.299 e. The number of aromatic nitrogens is 2. The molecule has 0 bridgehead atoms. The number of carbonyl (C=O) groups is 1. The molecule has 0 aliphatic heterocycles. The number of benzene rings is 2. The summed E-state index contributed by atoms with van der Waals surface area (Å²) in [5, 5.41) is 11.4. The molecule has 0 radical (unpaired) electrons. The van der Waals surface area contributed by atoms with E-state index in [0.717, 1.165) is 26.4 Å². The Morgan fingerprint density at radius 2 is 1.88 bits per heavy atom. The van der Waals surface area contributed by atoms with Gasteiger partial charge in [0.05, 0.1) is 10.6 Å². The summed E-state index contributed by atoms with van der Waals surface area (Å²) in [6, 6.07) is 11.4. The van der Waals surface area contributed by atoms with Crippen LogP contribution in [-0.4, -0.2) is 36.8 Å². The first-order valence-corrected chi connectivity index (χ1v) is 13.4. The third-order valence-electron chi connectivity index (χ3n) is 4.49. The zero-order chi connectivity index (χ0) is 23.3. The van der Waals surface area contributed by atoms with Crippen molar-refractivity contribution in [2.75, 3.05) is 21.9 Å². The lowest BCUT2D eigenvalue weighted by Crippen LogP contribution is -2.38. The molecule has 1 aromatic heterocycles. The van der Waals surface area contributed by atoms with E-state index >= 15 is 0 Å². The lowest BCUT2D eigenvalue weighted by Gasteiger charge is -2.25. The second kappa shape index (κ2) is 10.7. The molecule has 1 N–H and O–H groups in total. The minimum atomic E-state index is -4.03. The van der Waals surface area contributed by atoms with Crippen LogP contribution in [0.4, 0.5) is 10.8 Å². The van der Waals surface area contributed by atoms with Crippen molar-refractivity contribution >= 4 is 61.4 Å². The first-order valence-electron chi connectivity index (χ1n) is 9.83. The standard InChI is InChI=1S/C21H23ClN4O3S3/c1-4-12-30-21-25-24-20(31-21)23-19(27)13-26(18-7-5-6-17(22)15(18)3)32(28,29)16-10-8-14(2)9-11-16/h5-11H,4,12-13H2,1-3H3,(H,23,24,27). The normalized spacial score (nSPS) is 11.4. The van der Waals surface area contributed by atoms with Gasteiger partial charge in [-0.05, 0) is 50.1 Å². The van der Waals surface area contributed by atoms with Gasteiger partial charge in [-0.2, -0.15) is 0 Å². The van der Waals surface area contributed by atoms with Crippen molar-refractivity contribution < 1.29 is 13.2 Å². The summed E-state index contributed by atoms with van der Waals surface area (Å²) in [4.78, 5) is 12.9. The number of amides is 1. The number of aryl methyl sites for hydroxylation is 1. The van der Waals surface area contributed by atoms with Crippen LogP contribution >= 0.6 is 34.7 Å². The van der Waals surface area contributed by atoms with E-state index in [9.17, 15) is 13.2 Å². The van der Waals surface area contributed by atoms with Crippen LogP contribution < -0.4 is 9.62 Å². The summed E-state index contributed by atoms with van der Waals surface area (Å²) in [6.07, 6.45) is 0.997. The molecule has 0 aliphatic rings. The van der Waals surface area contributed by atoms with Gasteiger partial charge in [-0.3, -0.25) is 14.4 Å². The molecule has 3 rings (SSSR count). The summed E-state index contributed by atoms with van der Waals surface area (Å²) in [6.45, 7) is 5.22. The highest BCUT2D eigenvalue weighted by Crippen LogP contribution is 2.31. The zero-order valence-corrected chi connectivity index (χ0v) is 21.0. The predicted octanol–water partition coefficient (Wildman–Crippen LogP) is 5.14. The Morgan fingerprint density at radius 1 is 1.16 bits per heavy atom. The first kappa shape index (κ1) is 24.5. The van der Waals surface area contributed by atoms with Crippen LogP contribution in [0.1, 0.15) is 24.5 Å². The Kier molecular flexibility index (Phi) is 8.16. The zero-order valence-electron chi connectivity index (χ0n) is 17.8. The number of thioether (sulfide) groups is 1. The van der Waals surface area contributed by atoms with E-state index in [-0.39, 0.29) is 4.90 Å². The molecule has 0 spiro atoms. The van der Waals surface area contributed by atoms with Gasteiger partial charge in [-0.1, -0.05) is 65.4 Å². The van der Waals surface area contributed by atoms with Gasteiger partial charge in [0.1, 0.15) is 6.54 Å². The van der Waals surface area contributed by atoms with Gasteiger partial charge in [0.15, 0.2) is 4.34 Å². The molecule has 0 fully saturated rings. The molecule has 170 valence electrons. The summed E-state index contributed by atoms with van der Waals surface area (Å²) in [5.74, 6) is 0.377. The molecule has 32 heavy (non-hydrogen) atoms. The van der Waals surface area contributed by atoms with E-state index in [1.165, 1.54) is 23.5 Å². The molecule has 11 heteroatoms. The minimum Gasteiger partial charge on any atom is -0.299 e. The third-order valence-corrected chi connectivity index (χ3v) is 8.85. The highest BCUT2D eigenvalue weighted by Gasteiger charge is 2.29. The number of hydrogen-bond acceptors (Lipinski definition) is 7. The summed E-state index contributed by atoms with van der Waals surface area (Å²) >= 11 is 9.06. The van der Waals surface area contributed by atoms with Gasteiger partial charge < -0.3 is 0 Å². The van der Waals surface area contributed by atoms with Crippen LogP contribution in [0.25, 0.3) is 0 Å². The Balaban J connectivity index is 1.91. The molecular formula is C21H23ClN4O3S3. The molecule has 1 amide bonds. The maximum Gasteiger partial charge on any atom is 0.264 e. The van der Waals surface area contributed by atoms with Gasteiger partial charge in [-0.15, -0.1) is 10.2 Å². The average molecular weight is 511 g/mol. The molecule has 0 atom stereocenters. The SMILES string of the molecule is CCCSc1nnc(NC(=O)CN(c2cccc(Cl)c2C)S(=O)(=O)c2ccc(C)cc2)s1. The Bertz CT molecular complexity index is 1200. The smallest absolute Gasteiger partial charge is 0.264 e. The molecule has 0 unspecified atom stereocenters. The summed E-state index contributed by atoms with van der Waals surface area (Å²) in [5.41, 5.74) is 1.83. The lowest BCUT2D eigenvalue weighted by molar-refractivity contribution is -0.114. The van der Waals surface area contributed by atoms with E-state index in [1.807, 2.05) is 6.92 Å². The fourth-order valence-electron chi connectivity index (χ4n) is 2.80. The Hall–Kier alpha value is -2.14. The predicted molar refractivity (Wildman–Crippen MR) is 131 cm³/mol. The van der Waals surface area contributed by atoms with E-state index in [2.05, 4.69) is 22.4 Å². The van der Waals surface area contributed by atoms with E-state index in [1.54, 1.807) is 49.0 Å². The summed E-state index contributed by atoms with van der Waals surface area (Å²) < 4.78 is 28.8. The second-order valence-corrected chi connectivity index (χ2v) is 11.6. The van der Waals surface area contributed by atoms with E-state index in [0.29, 0.717) is 21.4 Å². The molecule has 0 saturated carbocycles. The van der Waals surface area contributed by atoms with Crippen molar-refractivity contribution in [3.63, 3.8) is 0 Å². The number of halogens is 1. The van der Waals surface area contributed by atoms with Crippen LogP contribution in [0, 0.1) is 13.8 Å². The second-order valence-electron chi connectivity index (χ2n) is 6.98. The molecular weight excluding hydrogens is 488 g/mol. The number of nitrogens with zero attached hydrogens (tertiary/aromatic N) is 3. The Labute approximate surface area is 201 Å². The molecule has 2 aromatic carbocycles. The topological polar surface area (TPSA) is 92.3 Å². The van der Waals surface area contributed by atoms with Crippen LogP contribution in [0.3, 0.4) is 0 Å². The fourth-order valence-corrected chi connectivity index (χ4v) is 6.14. The van der Waals surface area contributed by atoms with Crippen molar-refractivity contribution in [1.29, 1.82) is 0 Å². The maximum absolute atomic E-state index is 13.5. The van der Waals surface area contributed by atoms with Crippen LogP contribution in [0.5, 0.6) is 0 Å². The van der Waals surface area contributed by atoms with Crippen LogP contribution in [-0.2, 0) is 14.8 Å². The highest BCUT2D eigenvalue weighted by atomic mass is 35.5. The lowest BCUT2D eigenvalue weighted by atomic mass is 10.2. The number of anilines is 2. The van der Waals surface area contributed by atoms with Crippen LogP contribution in [0.2, 0.25) is 5.02 Å². The number of nitrogens with one attached hydrogen (secondary N) is 1. The first-order chi connectivity index (χ1) is 15.2. The molecule has 7 nitrogen and oxygen atoms in total. The monoisotopic (exact) mass is 510 g/mol. The van der Waals surface area contributed by atoms with Crippen molar-refractivity contribution in [1.82, 2.24) is 10.2 Å². The highest BCUT2D eigenvalue weighted by molar-refractivity contribution is 8.01. The van der Waals surface area contributed by atoms with Crippen molar-refractivity contribution in [3.8, 4) is 0 Å². The maximum atomic E-state index is 13.5. The van der Waals surface area contributed by atoms with E-state index in [4.69, 9.17) is 11.6 Å². The van der Waals surface area contributed by atoms with Gasteiger partial charge in [0.25, 0.3) is 10.0 Å². The van der Waals surface area contributed by atoms with E-state index < -0.39 is 22.5 Å². The number of rotatable bonds is 9. The average Bonchev–Trinajstić information content (AvgIpc) is 3.20. The molecule has 3 aromatic rings. The van der Waals surface area contributed by atoms with Crippen molar-refractivity contribution in [2.24, 2.45) is 0 Å². The van der Waals surface area contributed by atoms with Gasteiger partial charge in [0.2, 0.25) is 11.0 Å². The minimum absolute atomic E-state index is 0.0874. The van der Waals surface area contributed by atoms with Crippen LogP contribution in [0.15, 0.2) is 51.7 Å².